The second-order valence-corrected chi connectivity index (χ2v) is 4.51. The summed E-state index contributed by atoms with van der Waals surface area (Å²) in [6.07, 6.45) is -0.831. The van der Waals surface area contributed by atoms with Crippen LogP contribution in [-0.2, 0) is 14.2 Å². The summed E-state index contributed by atoms with van der Waals surface area (Å²) in [5.41, 5.74) is 0. The summed E-state index contributed by atoms with van der Waals surface area (Å²) in [5, 5.41) is 19.1. The molecule has 2 atom stereocenters. The maximum absolute atomic E-state index is 9.74. The third-order valence-corrected chi connectivity index (χ3v) is 2.14. The van der Waals surface area contributed by atoms with Gasteiger partial charge in [0, 0.05) is 14.2 Å². The van der Waals surface area contributed by atoms with E-state index in [-0.39, 0.29) is 5.92 Å². The van der Waals surface area contributed by atoms with Crippen molar-refractivity contribution in [2.45, 2.75) is 45.4 Å². The highest BCUT2D eigenvalue weighted by Crippen LogP contribution is 2.14. The molecule has 0 amide bonds. The van der Waals surface area contributed by atoms with E-state index in [1.807, 2.05) is 6.92 Å². The first-order valence-electron chi connectivity index (χ1n) is 5.40. The Bertz CT molecular complexity index is 174. The van der Waals surface area contributed by atoms with Crippen LogP contribution in [0.25, 0.3) is 0 Å². The van der Waals surface area contributed by atoms with Gasteiger partial charge in [-0.1, -0.05) is 6.92 Å². The second-order valence-electron chi connectivity index (χ2n) is 4.51. The number of hydrogen-bond donors (Lipinski definition) is 2. The smallest absolute Gasteiger partial charge is 0.182 e. The number of methoxy groups -OCH3 is 2. The zero-order valence-corrected chi connectivity index (χ0v) is 10.8. The number of aliphatic hydroxyl groups is 2. The lowest BCUT2D eigenvalue weighted by Crippen LogP contribution is -2.33. The predicted molar refractivity (Wildman–Crippen MR) is 59.8 cm³/mol. The highest BCUT2D eigenvalue weighted by atomic mass is 16.7. The van der Waals surface area contributed by atoms with Crippen LogP contribution in [0.15, 0.2) is 0 Å². The minimum Gasteiger partial charge on any atom is -0.388 e. The van der Waals surface area contributed by atoms with E-state index >= 15 is 0 Å². The van der Waals surface area contributed by atoms with Crippen molar-refractivity contribution in [3.63, 3.8) is 0 Å². The van der Waals surface area contributed by atoms with Crippen LogP contribution in [0.3, 0.4) is 0 Å². The summed E-state index contributed by atoms with van der Waals surface area (Å²) in [4.78, 5) is 0. The van der Waals surface area contributed by atoms with E-state index in [0.717, 1.165) is 0 Å². The van der Waals surface area contributed by atoms with Gasteiger partial charge in [-0.05, 0) is 26.2 Å². The first-order valence-corrected chi connectivity index (χ1v) is 5.40. The van der Waals surface area contributed by atoms with Gasteiger partial charge in [0.05, 0.1) is 6.61 Å². The van der Waals surface area contributed by atoms with Gasteiger partial charge in [-0.3, -0.25) is 0 Å². The highest BCUT2D eigenvalue weighted by Gasteiger charge is 2.22. The van der Waals surface area contributed by atoms with E-state index in [1.165, 1.54) is 14.2 Å². The quantitative estimate of drug-likeness (QED) is 0.608. The summed E-state index contributed by atoms with van der Waals surface area (Å²) < 4.78 is 15.1. The van der Waals surface area contributed by atoms with Crippen molar-refractivity contribution in [1.29, 1.82) is 0 Å². The molecule has 0 aliphatic rings. The van der Waals surface area contributed by atoms with Gasteiger partial charge in [-0.15, -0.1) is 0 Å². The van der Waals surface area contributed by atoms with Crippen LogP contribution >= 0.6 is 0 Å². The zero-order valence-electron chi connectivity index (χ0n) is 10.8. The van der Waals surface area contributed by atoms with E-state index in [4.69, 9.17) is 14.2 Å². The molecular formula is C11H24O5. The molecule has 0 aromatic rings. The standard InChI is InChI=1S/C11H24O5/c1-8(7-16-11(2,3)13)6-9(12)10(14-4)15-5/h8-10,12-13H,6-7H2,1-5H3. The molecule has 0 aromatic carbocycles. The summed E-state index contributed by atoms with van der Waals surface area (Å²) in [5.74, 6) is -1.03. The molecule has 2 N–H and O–H groups in total. The third-order valence-electron chi connectivity index (χ3n) is 2.14. The highest BCUT2D eigenvalue weighted by molar-refractivity contribution is 4.65. The molecule has 5 heteroatoms. The summed E-state index contributed by atoms with van der Waals surface area (Å²) in [7, 11) is 2.96. The van der Waals surface area contributed by atoms with Crippen LogP contribution in [0.1, 0.15) is 27.2 Å². The molecule has 0 aliphatic heterocycles. The Morgan fingerprint density at radius 1 is 1.19 bits per heavy atom. The van der Waals surface area contributed by atoms with Crippen molar-refractivity contribution in [3.8, 4) is 0 Å². The molecule has 0 spiro atoms. The lowest BCUT2D eigenvalue weighted by atomic mass is 10.0. The van der Waals surface area contributed by atoms with Crippen molar-refractivity contribution in [3.05, 3.63) is 0 Å². The van der Waals surface area contributed by atoms with Crippen LogP contribution in [0.2, 0.25) is 0 Å². The van der Waals surface area contributed by atoms with Crippen molar-refractivity contribution in [2.24, 2.45) is 5.92 Å². The molecule has 16 heavy (non-hydrogen) atoms. The average Bonchev–Trinajstić information content (AvgIpc) is 2.15. The first-order chi connectivity index (χ1) is 7.30. The average molecular weight is 236 g/mol. The van der Waals surface area contributed by atoms with Gasteiger partial charge in [-0.2, -0.15) is 0 Å². The summed E-state index contributed by atoms with van der Waals surface area (Å²) in [6.45, 7) is 5.45. The van der Waals surface area contributed by atoms with Crippen molar-refractivity contribution in [2.75, 3.05) is 20.8 Å². The molecule has 0 aliphatic carbocycles. The zero-order chi connectivity index (χ0) is 12.8. The molecule has 0 rings (SSSR count). The van der Waals surface area contributed by atoms with Gasteiger partial charge < -0.3 is 24.4 Å². The normalized spacial score (nSPS) is 16.5. The van der Waals surface area contributed by atoms with Crippen LogP contribution in [0.5, 0.6) is 0 Å². The largest absolute Gasteiger partial charge is 0.388 e. The Kier molecular flexibility index (Phi) is 7.10. The van der Waals surface area contributed by atoms with Crippen LogP contribution < -0.4 is 0 Å². The van der Waals surface area contributed by atoms with Gasteiger partial charge in [0.2, 0.25) is 0 Å². The molecule has 0 aromatic heterocycles. The maximum Gasteiger partial charge on any atom is 0.182 e. The lowest BCUT2D eigenvalue weighted by Gasteiger charge is -2.25. The van der Waals surface area contributed by atoms with Crippen molar-refractivity contribution < 1.29 is 24.4 Å². The second kappa shape index (κ2) is 7.19. The molecule has 0 saturated carbocycles. The summed E-state index contributed by atoms with van der Waals surface area (Å²) >= 11 is 0. The lowest BCUT2D eigenvalue weighted by molar-refractivity contribution is -0.192. The van der Waals surface area contributed by atoms with Gasteiger partial charge in [0.1, 0.15) is 6.10 Å². The Hall–Kier alpha value is -0.200. The van der Waals surface area contributed by atoms with E-state index in [9.17, 15) is 10.2 Å². The Labute approximate surface area is 97.3 Å². The fourth-order valence-electron chi connectivity index (χ4n) is 1.35. The van der Waals surface area contributed by atoms with Gasteiger partial charge in [0.25, 0.3) is 0 Å². The van der Waals surface area contributed by atoms with E-state index in [2.05, 4.69) is 0 Å². The molecule has 0 fully saturated rings. The van der Waals surface area contributed by atoms with Gasteiger partial charge >= 0.3 is 0 Å². The summed E-state index contributed by atoms with van der Waals surface area (Å²) in [6, 6.07) is 0. The van der Waals surface area contributed by atoms with Gasteiger partial charge in [-0.25, -0.2) is 0 Å². The van der Waals surface area contributed by atoms with Crippen LogP contribution in [-0.4, -0.2) is 49.2 Å². The number of aliphatic hydroxyl groups excluding tert-OH is 1. The number of hydrogen-bond acceptors (Lipinski definition) is 5. The predicted octanol–water partition coefficient (Wildman–Crippen LogP) is 0.737. The fourth-order valence-corrected chi connectivity index (χ4v) is 1.35. The molecular weight excluding hydrogens is 212 g/mol. The third kappa shape index (κ3) is 7.14. The topological polar surface area (TPSA) is 68.2 Å². The number of rotatable bonds is 8. The Balaban J connectivity index is 3.90. The van der Waals surface area contributed by atoms with Crippen LogP contribution in [0, 0.1) is 5.92 Å². The molecule has 5 nitrogen and oxygen atoms in total. The molecule has 2 unspecified atom stereocenters. The van der Waals surface area contributed by atoms with E-state index < -0.39 is 18.2 Å². The SMILES string of the molecule is COC(OC)C(O)CC(C)COC(C)(C)O. The van der Waals surface area contributed by atoms with E-state index in [1.54, 1.807) is 13.8 Å². The minimum absolute atomic E-state index is 0.106. The molecule has 0 heterocycles. The molecule has 0 saturated heterocycles. The fraction of sp³-hybridized carbons (Fsp3) is 1.00. The maximum atomic E-state index is 9.74. The Morgan fingerprint density at radius 2 is 1.69 bits per heavy atom. The molecule has 98 valence electrons. The molecule has 0 bridgehead atoms. The number of ether oxygens (including phenoxy) is 3. The van der Waals surface area contributed by atoms with Crippen LogP contribution in [0.4, 0.5) is 0 Å². The first kappa shape index (κ1) is 15.8. The van der Waals surface area contributed by atoms with Crippen molar-refractivity contribution in [1.82, 2.24) is 0 Å². The minimum atomic E-state index is -1.14. The Morgan fingerprint density at radius 3 is 2.06 bits per heavy atom. The van der Waals surface area contributed by atoms with Crippen molar-refractivity contribution >= 4 is 0 Å². The monoisotopic (exact) mass is 236 g/mol. The van der Waals surface area contributed by atoms with Gasteiger partial charge in [0.15, 0.2) is 12.1 Å². The molecule has 0 radical (unpaired) electrons. The van der Waals surface area contributed by atoms with E-state index in [0.29, 0.717) is 13.0 Å².